The van der Waals surface area contributed by atoms with Gasteiger partial charge in [0.15, 0.2) is 0 Å². The number of carbonyl (C=O) groups is 2. The fourth-order valence-electron chi connectivity index (χ4n) is 3.59. The van der Waals surface area contributed by atoms with Crippen LogP contribution < -0.4 is 5.32 Å². The molecule has 0 radical (unpaired) electrons. The molecule has 0 fully saturated rings. The Morgan fingerprint density at radius 2 is 1.87 bits per heavy atom. The summed E-state index contributed by atoms with van der Waals surface area (Å²) in [6, 6.07) is 19.3. The van der Waals surface area contributed by atoms with Gasteiger partial charge in [-0.3, -0.25) is 14.6 Å². The van der Waals surface area contributed by atoms with Crippen LogP contribution in [0.3, 0.4) is 0 Å². The molecule has 1 unspecified atom stereocenters. The minimum atomic E-state index is -0.312. The fraction of sp³-hybridized carbons (Fsp3) is 0.160. The summed E-state index contributed by atoms with van der Waals surface area (Å²) < 4.78 is 0. The van der Waals surface area contributed by atoms with E-state index in [0.717, 1.165) is 27.5 Å². The average Bonchev–Trinajstić information content (AvgIpc) is 2.79. The molecule has 0 spiro atoms. The van der Waals surface area contributed by atoms with Crippen molar-refractivity contribution in [1.29, 1.82) is 0 Å². The predicted octanol–water partition coefficient (Wildman–Crippen LogP) is 5.28. The molecule has 5 nitrogen and oxygen atoms in total. The maximum absolute atomic E-state index is 12.8. The highest BCUT2D eigenvalue weighted by molar-refractivity contribution is 7.98. The number of nitrogens with zero attached hydrogens (tertiary/aromatic N) is 2. The minimum Gasteiger partial charge on any atom is -0.326 e. The Kier molecular flexibility index (Phi) is 6.48. The molecule has 2 heterocycles. The van der Waals surface area contributed by atoms with Gasteiger partial charge < -0.3 is 10.2 Å². The molecule has 1 atom stereocenters. The molecule has 1 aromatic heterocycles. The standard InChI is InChI=1S/C25H23N3O2S/c1-18(29)28-14-12-20-6-2-3-7-23(20)24(28)15-25(30)27-21-8-10-22(11-9-21)31-17-19-5-4-13-26-16-19/h2-14,16,24H,15,17H2,1H3,(H,27,30). The molecule has 156 valence electrons. The molecule has 2 aromatic carbocycles. The summed E-state index contributed by atoms with van der Waals surface area (Å²) in [5, 5.41) is 2.96. The van der Waals surface area contributed by atoms with E-state index < -0.39 is 0 Å². The first kappa shape index (κ1) is 20.9. The van der Waals surface area contributed by atoms with Crippen molar-refractivity contribution in [3.05, 3.63) is 95.9 Å². The zero-order valence-electron chi connectivity index (χ0n) is 17.2. The van der Waals surface area contributed by atoms with Gasteiger partial charge in [-0.1, -0.05) is 30.3 Å². The topological polar surface area (TPSA) is 62.3 Å². The van der Waals surface area contributed by atoms with Crippen LogP contribution in [0.25, 0.3) is 6.08 Å². The third kappa shape index (κ3) is 5.22. The Morgan fingerprint density at radius 1 is 1.06 bits per heavy atom. The number of benzene rings is 2. The first-order valence-corrected chi connectivity index (χ1v) is 11.1. The normalized spacial score (nSPS) is 14.7. The molecule has 2 amide bonds. The van der Waals surface area contributed by atoms with E-state index in [2.05, 4.69) is 16.4 Å². The van der Waals surface area contributed by atoms with E-state index in [1.807, 2.05) is 66.9 Å². The predicted molar refractivity (Wildman–Crippen MR) is 124 cm³/mol. The van der Waals surface area contributed by atoms with Gasteiger partial charge in [0.25, 0.3) is 0 Å². The molecule has 3 aromatic rings. The summed E-state index contributed by atoms with van der Waals surface area (Å²) >= 11 is 1.72. The van der Waals surface area contributed by atoms with Crippen molar-refractivity contribution in [2.75, 3.05) is 5.32 Å². The average molecular weight is 430 g/mol. The highest BCUT2D eigenvalue weighted by Gasteiger charge is 2.28. The lowest BCUT2D eigenvalue weighted by atomic mass is 9.93. The molecule has 1 N–H and O–H groups in total. The molecule has 1 aliphatic heterocycles. The van der Waals surface area contributed by atoms with Gasteiger partial charge in [-0.2, -0.15) is 0 Å². The van der Waals surface area contributed by atoms with Crippen LogP contribution in [0.1, 0.15) is 36.1 Å². The molecule has 0 bridgehead atoms. The lowest BCUT2D eigenvalue weighted by Gasteiger charge is -2.32. The molecule has 6 heteroatoms. The Morgan fingerprint density at radius 3 is 2.61 bits per heavy atom. The fourth-order valence-corrected chi connectivity index (χ4v) is 4.42. The molecular formula is C25H23N3O2S. The van der Waals surface area contributed by atoms with E-state index in [1.165, 1.54) is 12.5 Å². The van der Waals surface area contributed by atoms with Gasteiger partial charge in [-0.15, -0.1) is 11.8 Å². The molecule has 4 rings (SSSR count). The second kappa shape index (κ2) is 9.62. The van der Waals surface area contributed by atoms with Crippen LogP contribution in [0.5, 0.6) is 0 Å². The molecule has 31 heavy (non-hydrogen) atoms. The van der Waals surface area contributed by atoms with Gasteiger partial charge in [0, 0.05) is 41.9 Å². The van der Waals surface area contributed by atoms with Crippen LogP contribution in [0.2, 0.25) is 0 Å². The summed E-state index contributed by atoms with van der Waals surface area (Å²) in [6.45, 7) is 1.52. The van der Waals surface area contributed by atoms with Crippen LogP contribution in [0, 0.1) is 0 Å². The van der Waals surface area contributed by atoms with E-state index in [0.29, 0.717) is 0 Å². The zero-order chi connectivity index (χ0) is 21.6. The summed E-state index contributed by atoms with van der Waals surface area (Å²) in [7, 11) is 0. The molecule has 0 aliphatic carbocycles. The summed E-state index contributed by atoms with van der Waals surface area (Å²) in [4.78, 5) is 31.7. The quantitative estimate of drug-likeness (QED) is 0.542. The highest BCUT2D eigenvalue weighted by Crippen LogP contribution is 2.33. The third-order valence-electron chi connectivity index (χ3n) is 5.11. The van der Waals surface area contributed by atoms with Crippen molar-refractivity contribution in [2.24, 2.45) is 0 Å². The van der Waals surface area contributed by atoms with Gasteiger partial charge in [-0.05, 0) is 53.1 Å². The van der Waals surface area contributed by atoms with Gasteiger partial charge in [0.05, 0.1) is 12.5 Å². The highest BCUT2D eigenvalue weighted by atomic mass is 32.2. The number of nitrogens with one attached hydrogen (secondary N) is 1. The summed E-state index contributed by atoms with van der Waals surface area (Å²) in [6.07, 6.45) is 7.50. The Bertz CT molecular complexity index is 1100. The van der Waals surface area contributed by atoms with Gasteiger partial charge in [0.2, 0.25) is 11.8 Å². The third-order valence-corrected chi connectivity index (χ3v) is 6.20. The number of thioether (sulfide) groups is 1. The summed E-state index contributed by atoms with van der Waals surface area (Å²) in [5.74, 6) is 0.630. The number of hydrogen-bond acceptors (Lipinski definition) is 4. The van der Waals surface area contributed by atoms with Crippen LogP contribution in [-0.2, 0) is 15.3 Å². The number of hydrogen-bond donors (Lipinski definition) is 1. The lowest BCUT2D eigenvalue weighted by Crippen LogP contribution is -2.33. The monoisotopic (exact) mass is 429 g/mol. The number of aromatic nitrogens is 1. The Balaban J connectivity index is 1.39. The van der Waals surface area contributed by atoms with Gasteiger partial charge >= 0.3 is 0 Å². The lowest BCUT2D eigenvalue weighted by molar-refractivity contribution is -0.129. The molecule has 0 saturated carbocycles. The van der Waals surface area contributed by atoms with Gasteiger partial charge in [-0.25, -0.2) is 0 Å². The van der Waals surface area contributed by atoms with Crippen molar-refractivity contribution in [2.45, 2.75) is 30.0 Å². The maximum atomic E-state index is 12.8. The molecule has 0 saturated heterocycles. The van der Waals surface area contributed by atoms with Crippen LogP contribution in [0.4, 0.5) is 5.69 Å². The summed E-state index contributed by atoms with van der Waals surface area (Å²) in [5.41, 5.74) is 3.93. The van der Waals surface area contributed by atoms with E-state index in [4.69, 9.17) is 0 Å². The van der Waals surface area contributed by atoms with Crippen LogP contribution in [-0.4, -0.2) is 21.7 Å². The maximum Gasteiger partial charge on any atom is 0.226 e. The van der Waals surface area contributed by atoms with Crippen LogP contribution >= 0.6 is 11.8 Å². The first-order chi connectivity index (χ1) is 15.1. The Hall–Kier alpha value is -3.38. The Labute approximate surface area is 186 Å². The van der Waals surface area contributed by atoms with Crippen molar-refractivity contribution < 1.29 is 9.59 Å². The van der Waals surface area contributed by atoms with Crippen molar-refractivity contribution >= 4 is 35.3 Å². The number of amides is 2. The van der Waals surface area contributed by atoms with Crippen LogP contribution in [0.15, 0.2) is 84.2 Å². The van der Waals surface area contributed by atoms with Gasteiger partial charge in [0.1, 0.15) is 0 Å². The van der Waals surface area contributed by atoms with Crippen molar-refractivity contribution in [3.63, 3.8) is 0 Å². The van der Waals surface area contributed by atoms with E-state index >= 15 is 0 Å². The van der Waals surface area contributed by atoms with Crippen molar-refractivity contribution in [1.82, 2.24) is 9.88 Å². The first-order valence-electron chi connectivity index (χ1n) is 10.1. The van der Waals surface area contributed by atoms with E-state index in [1.54, 1.807) is 29.1 Å². The van der Waals surface area contributed by atoms with E-state index in [-0.39, 0.29) is 24.3 Å². The number of carbonyl (C=O) groups excluding carboxylic acids is 2. The zero-order valence-corrected chi connectivity index (χ0v) is 18.0. The molecule has 1 aliphatic rings. The number of fused-ring (bicyclic) bond motifs is 1. The second-order valence-electron chi connectivity index (χ2n) is 7.31. The second-order valence-corrected chi connectivity index (χ2v) is 8.36. The SMILES string of the molecule is CC(=O)N1C=Cc2ccccc2C1CC(=O)Nc1ccc(SCc2cccnc2)cc1. The smallest absolute Gasteiger partial charge is 0.226 e. The van der Waals surface area contributed by atoms with Crippen molar-refractivity contribution in [3.8, 4) is 0 Å². The van der Waals surface area contributed by atoms with E-state index in [9.17, 15) is 9.59 Å². The number of anilines is 1. The largest absolute Gasteiger partial charge is 0.326 e. The molecular weight excluding hydrogens is 406 g/mol. The minimum absolute atomic E-state index is 0.0847. The number of pyridine rings is 1. The number of rotatable bonds is 6.